The van der Waals surface area contributed by atoms with Gasteiger partial charge in [0.25, 0.3) is 0 Å². The summed E-state index contributed by atoms with van der Waals surface area (Å²) in [6.45, 7) is 0. The van der Waals surface area contributed by atoms with Crippen molar-refractivity contribution in [2.45, 2.75) is 0 Å². The lowest BCUT2D eigenvalue weighted by Crippen LogP contribution is -2.04. The molecule has 0 amide bonds. The van der Waals surface area contributed by atoms with E-state index in [2.05, 4.69) is 28.8 Å². The van der Waals surface area contributed by atoms with Gasteiger partial charge in [-0.1, -0.05) is 36.4 Å². The van der Waals surface area contributed by atoms with Gasteiger partial charge in [0, 0.05) is 10.8 Å². The van der Waals surface area contributed by atoms with Crippen LogP contribution in [0.1, 0.15) is 9.67 Å². The van der Waals surface area contributed by atoms with Crippen molar-refractivity contribution in [1.29, 1.82) is 0 Å². The molecule has 3 nitrogen and oxygen atoms in total. The normalized spacial score (nSPS) is 11.1. The third kappa shape index (κ3) is 1.77. The van der Waals surface area contributed by atoms with E-state index in [-0.39, 0.29) is 5.97 Å². The molecule has 0 fully saturated rings. The molecule has 0 unspecified atom stereocenters. The zero-order chi connectivity index (χ0) is 15.1. The fourth-order valence-corrected chi connectivity index (χ4v) is 3.70. The molecule has 0 bridgehead atoms. The van der Waals surface area contributed by atoms with Crippen LogP contribution in [-0.2, 0) is 4.74 Å². The molecular formula is C18H13NO2S. The summed E-state index contributed by atoms with van der Waals surface area (Å²) in [5.41, 5.74) is 3.05. The molecule has 4 rings (SSSR count). The smallest absolute Gasteiger partial charge is 0.350 e. The molecule has 0 saturated heterocycles. The fraction of sp³-hybridized carbons (Fsp3) is 0.0556. The highest BCUT2D eigenvalue weighted by Gasteiger charge is 2.19. The van der Waals surface area contributed by atoms with Crippen LogP contribution in [0.5, 0.6) is 0 Å². The number of para-hydroxylation sites is 2. The molecule has 108 valence electrons. The van der Waals surface area contributed by atoms with Crippen LogP contribution in [0.4, 0.5) is 0 Å². The second-order valence-corrected chi connectivity index (χ2v) is 5.91. The lowest BCUT2D eigenvalue weighted by molar-refractivity contribution is 0.0606. The van der Waals surface area contributed by atoms with Crippen molar-refractivity contribution in [2.24, 2.45) is 0 Å². The first-order valence-electron chi connectivity index (χ1n) is 6.95. The maximum atomic E-state index is 12.0. The van der Waals surface area contributed by atoms with Gasteiger partial charge in [0.15, 0.2) is 0 Å². The largest absolute Gasteiger partial charge is 0.465 e. The van der Waals surface area contributed by atoms with E-state index in [1.807, 2.05) is 35.7 Å². The first-order valence-corrected chi connectivity index (χ1v) is 7.83. The molecule has 4 heteroatoms. The average Bonchev–Trinajstić information content (AvgIpc) is 3.16. The number of hydrogen-bond acceptors (Lipinski definition) is 3. The van der Waals surface area contributed by atoms with E-state index in [9.17, 15) is 4.79 Å². The van der Waals surface area contributed by atoms with Crippen molar-refractivity contribution < 1.29 is 9.53 Å². The SMILES string of the molecule is COC(=O)c1sccc1-n1c2ccccc2c2ccccc21. The minimum Gasteiger partial charge on any atom is -0.465 e. The maximum Gasteiger partial charge on any atom is 0.350 e. The Morgan fingerprint density at radius 3 is 2.14 bits per heavy atom. The van der Waals surface area contributed by atoms with Crippen molar-refractivity contribution in [3.63, 3.8) is 0 Å². The molecule has 0 saturated carbocycles. The number of fused-ring (bicyclic) bond motifs is 3. The molecule has 0 aliphatic heterocycles. The average molecular weight is 307 g/mol. The van der Waals surface area contributed by atoms with Gasteiger partial charge in [-0.3, -0.25) is 0 Å². The van der Waals surface area contributed by atoms with Crippen molar-refractivity contribution in [3.05, 3.63) is 64.9 Å². The van der Waals surface area contributed by atoms with Gasteiger partial charge in [0.2, 0.25) is 0 Å². The Morgan fingerprint density at radius 2 is 1.55 bits per heavy atom. The van der Waals surface area contributed by atoms with Crippen LogP contribution in [-0.4, -0.2) is 17.6 Å². The summed E-state index contributed by atoms with van der Waals surface area (Å²) < 4.78 is 7.05. The Labute approximate surface area is 131 Å². The number of esters is 1. The lowest BCUT2D eigenvalue weighted by Gasteiger charge is -2.07. The van der Waals surface area contributed by atoms with Gasteiger partial charge >= 0.3 is 5.97 Å². The number of thiophene rings is 1. The first-order chi connectivity index (χ1) is 10.8. The second kappa shape index (κ2) is 5.00. The quantitative estimate of drug-likeness (QED) is 0.505. The number of rotatable bonds is 2. The van der Waals surface area contributed by atoms with Crippen LogP contribution in [0.3, 0.4) is 0 Å². The molecule has 2 aromatic carbocycles. The number of ether oxygens (including phenoxy) is 1. The fourth-order valence-electron chi connectivity index (χ4n) is 2.91. The van der Waals surface area contributed by atoms with Crippen molar-refractivity contribution >= 4 is 39.1 Å². The predicted molar refractivity (Wildman–Crippen MR) is 90.0 cm³/mol. The molecule has 0 N–H and O–H groups in total. The van der Waals surface area contributed by atoms with E-state index in [0.29, 0.717) is 4.88 Å². The second-order valence-electron chi connectivity index (χ2n) is 5.00. The number of carbonyl (C=O) groups excluding carboxylic acids is 1. The number of nitrogens with zero attached hydrogens (tertiary/aromatic N) is 1. The summed E-state index contributed by atoms with van der Waals surface area (Å²) in [6.07, 6.45) is 0. The summed E-state index contributed by atoms with van der Waals surface area (Å²) in [5, 5.41) is 4.28. The molecule has 2 heterocycles. The van der Waals surface area contributed by atoms with Gasteiger partial charge in [-0.2, -0.15) is 0 Å². The summed E-state index contributed by atoms with van der Waals surface area (Å²) in [5.74, 6) is -0.299. The molecular weight excluding hydrogens is 294 g/mol. The van der Waals surface area contributed by atoms with Gasteiger partial charge in [-0.25, -0.2) is 4.79 Å². The van der Waals surface area contributed by atoms with Gasteiger partial charge in [-0.05, 0) is 23.6 Å². The van der Waals surface area contributed by atoms with Crippen LogP contribution in [0.15, 0.2) is 60.0 Å². The van der Waals surface area contributed by atoms with Gasteiger partial charge in [-0.15, -0.1) is 11.3 Å². The molecule has 0 radical (unpaired) electrons. The third-order valence-corrected chi connectivity index (χ3v) is 4.72. The van der Waals surface area contributed by atoms with Gasteiger partial charge in [0.05, 0.1) is 23.8 Å². The van der Waals surface area contributed by atoms with Crippen LogP contribution in [0, 0.1) is 0 Å². The highest BCUT2D eigenvalue weighted by atomic mass is 32.1. The third-order valence-electron chi connectivity index (χ3n) is 3.84. The number of methoxy groups -OCH3 is 1. The zero-order valence-electron chi connectivity index (χ0n) is 11.9. The topological polar surface area (TPSA) is 31.2 Å². The number of aromatic nitrogens is 1. The Kier molecular flexibility index (Phi) is 2.98. The molecule has 2 aromatic heterocycles. The minimum absolute atomic E-state index is 0.299. The molecule has 22 heavy (non-hydrogen) atoms. The first kappa shape index (κ1) is 13.1. The molecule has 0 aliphatic carbocycles. The summed E-state index contributed by atoms with van der Waals surface area (Å²) in [6, 6.07) is 18.4. The summed E-state index contributed by atoms with van der Waals surface area (Å²) >= 11 is 1.40. The lowest BCUT2D eigenvalue weighted by atomic mass is 10.2. The zero-order valence-corrected chi connectivity index (χ0v) is 12.8. The highest BCUT2D eigenvalue weighted by Crippen LogP contribution is 2.34. The predicted octanol–water partition coefficient (Wildman–Crippen LogP) is 4.63. The van der Waals surface area contributed by atoms with Crippen molar-refractivity contribution in [2.75, 3.05) is 7.11 Å². The van der Waals surface area contributed by atoms with Crippen LogP contribution in [0.2, 0.25) is 0 Å². The van der Waals surface area contributed by atoms with E-state index >= 15 is 0 Å². The van der Waals surface area contributed by atoms with E-state index in [1.54, 1.807) is 0 Å². The summed E-state index contributed by atoms with van der Waals surface area (Å²) in [7, 11) is 1.41. The highest BCUT2D eigenvalue weighted by molar-refractivity contribution is 7.12. The Hall–Kier alpha value is -2.59. The van der Waals surface area contributed by atoms with Crippen LogP contribution in [0.25, 0.3) is 27.5 Å². The number of hydrogen-bond donors (Lipinski definition) is 0. The Bertz CT molecular complexity index is 943. The van der Waals surface area contributed by atoms with Crippen LogP contribution >= 0.6 is 11.3 Å². The van der Waals surface area contributed by atoms with Gasteiger partial charge < -0.3 is 9.30 Å². The van der Waals surface area contributed by atoms with E-state index < -0.39 is 0 Å². The van der Waals surface area contributed by atoms with Crippen molar-refractivity contribution in [3.8, 4) is 5.69 Å². The molecule has 0 aliphatic rings. The number of carbonyl (C=O) groups is 1. The Morgan fingerprint density at radius 1 is 0.955 bits per heavy atom. The minimum atomic E-state index is -0.299. The van der Waals surface area contributed by atoms with E-state index in [0.717, 1.165) is 16.7 Å². The Balaban J connectivity index is 2.14. The molecule has 0 atom stereocenters. The number of benzene rings is 2. The maximum absolute atomic E-state index is 12.0. The standard InChI is InChI=1S/C18H13NO2S/c1-21-18(20)17-16(10-11-22-17)19-14-8-4-2-6-12(14)13-7-3-5-9-15(13)19/h2-11H,1H3. The van der Waals surface area contributed by atoms with E-state index in [4.69, 9.17) is 4.74 Å². The van der Waals surface area contributed by atoms with Crippen molar-refractivity contribution in [1.82, 2.24) is 4.57 Å². The molecule has 0 spiro atoms. The molecule has 4 aromatic rings. The van der Waals surface area contributed by atoms with Gasteiger partial charge in [0.1, 0.15) is 4.88 Å². The van der Waals surface area contributed by atoms with E-state index in [1.165, 1.54) is 29.2 Å². The summed E-state index contributed by atoms with van der Waals surface area (Å²) in [4.78, 5) is 12.7. The monoisotopic (exact) mass is 307 g/mol. The van der Waals surface area contributed by atoms with Crippen LogP contribution < -0.4 is 0 Å².